The molecule has 1 unspecified atom stereocenters. The van der Waals surface area contributed by atoms with Crippen molar-refractivity contribution in [2.75, 3.05) is 19.7 Å². The molecule has 3 aromatic rings. The quantitative estimate of drug-likeness (QED) is 0.306. The van der Waals surface area contributed by atoms with Crippen molar-refractivity contribution in [3.63, 3.8) is 0 Å². The molecule has 0 aliphatic carbocycles. The average molecular weight is 548 g/mol. The molecular weight excluding hydrogens is 519 g/mol. The van der Waals surface area contributed by atoms with Gasteiger partial charge in [0.1, 0.15) is 6.61 Å². The first-order chi connectivity index (χ1) is 18.2. The standard InChI is InChI=1S/C29H29ClF3NO4/c1-2-37-26-16-21(8-11-25(26)38-18-19-6-4-3-5-7-19)27(34-14-12-20(13-15-34)28(35)36)23-17-22(29(31,32)33)9-10-24(23)30/h3-11,16-17,20,27H,2,12-15,18H2,1H3,(H,35,36). The molecule has 1 heterocycles. The lowest BCUT2D eigenvalue weighted by Crippen LogP contribution is -2.39. The lowest BCUT2D eigenvalue weighted by atomic mass is 9.90. The number of hydrogen-bond acceptors (Lipinski definition) is 4. The first kappa shape index (κ1) is 27.8. The summed E-state index contributed by atoms with van der Waals surface area (Å²) in [5, 5.41) is 9.63. The number of aliphatic carboxylic acids is 1. The minimum Gasteiger partial charge on any atom is -0.490 e. The number of alkyl halides is 3. The van der Waals surface area contributed by atoms with Gasteiger partial charge in [0.2, 0.25) is 0 Å². The zero-order valence-electron chi connectivity index (χ0n) is 20.9. The van der Waals surface area contributed by atoms with Crippen LogP contribution in [0, 0.1) is 5.92 Å². The molecule has 202 valence electrons. The molecule has 0 radical (unpaired) electrons. The van der Waals surface area contributed by atoms with Crippen molar-refractivity contribution >= 4 is 17.6 Å². The van der Waals surface area contributed by atoms with E-state index in [1.165, 1.54) is 6.07 Å². The molecule has 1 saturated heterocycles. The largest absolute Gasteiger partial charge is 0.490 e. The number of likely N-dealkylation sites (tertiary alicyclic amines) is 1. The van der Waals surface area contributed by atoms with Crippen LogP contribution in [0.4, 0.5) is 13.2 Å². The fourth-order valence-electron chi connectivity index (χ4n) is 4.74. The molecule has 1 N–H and O–H groups in total. The van der Waals surface area contributed by atoms with Crippen LogP contribution in [0.15, 0.2) is 66.7 Å². The Morgan fingerprint density at radius 1 is 1.03 bits per heavy atom. The van der Waals surface area contributed by atoms with Gasteiger partial charge in [-0.2, -0.15) is 13.2 Å². The monoisotopic (exact) mass is 547 g/mol. The van der Waals surface area contributed by atoms with Gasteiger partial charge in [-0.15, -0.1) is 0 Å². The first-order valence-corrected chi connectivity index (χ1v) is 12.8. The molecule has 0 saturated carbocycles. The molecule has 0 aromatic heterocycles. The van der Waals surface area contributed by atoms with Gasteiger partial charge in [0, 0.05) is 5.02 Å². The van der Waals surface area contributed by atoms with E-state index in [2.05, 4.69) is 0 Å². The van der Waals surface area contributed by atoms with Gasteiger partial charge in [-0.1, -0.05) is 48.0 Å². The minimum absolute atomic E-state index is 0.200. The summed E-state index contributed by atoms with van der Waals surface area (Å²) in [6.07, 6.45) is -3.76. The topological polar surface area (TPSA) is 59.0 Å². The summed E-state index contributed by atoms with van der Waals surface area (Å²) < 4.78 is 52.8. The molecule has 1 aliphatic heterocycles. The molecule has 0 spiro atoms. The van der Waals surface area contributed by atoms with Crippen LogP contribution in [0.5, 0.6) is 11.5 Å². The highest BCUT2D eigenvalue weighted by Crippen LogP contribution is 2.42. The molecule has 0 bridgehead atoms. The summed E-state index contributed by atoms with van der Waals surface area (Å²) in [5.41, 5.74) is 1.16. The summed E-state index contributed by atoms with van der Waals surface area (Å²) >= 11 is 6.49. The van der Waals surface area contributed by atoms with Gasteiger partial charge in [0.05, 0.1) is 24.1 Å². The van der Waals surface area contributed by atoms with Crippen LogP contribution in [0.2, 0.25) is 5.02 Å². The van der Waals surface area contributed by atoms with Gasteiger partial charge in [-0.05, 0) is 79.9 Å². The van der Waals surface area contributed by atoms with Crippen molar-refractivity contribution < 1.29 is 32.5 Å². The van der Waals surface area contributed by atoms with E-state index in [1.54, 1.807) is 18.2 Å². The van der Waals surface area contributed by atoms with Gasteiger partial charge in [0.25, 0.3) is 0 Å². The molecule has 4 rings (SSSR count). The fraction of sp³-hybridized carbons (Fsp3) is 0.345. The van der Waals surface area contributed by atoms with Crippen LogP contribution in [-0.4, -0.2) is 35.7 Å². The van der Waals surface area contributed by atoms with E-state index in [9.17, 15) is 23.1 Å². The van der Waals surface area contributed by atoms with Gasteiger partial charge < -0.3 is 14.6 Å². The minimum atomic E-state index is -4.54. The third-order valence-electron chi connectivity index (χ3n) is 6.68. The molecule has 3 aromatic carbocycles. The number of hydrogen-bond donors (Lipinski definition) is 1. The van der Waals surface area contributed by atoms with Crippen LogP contribution in [-0.2, 0) is 17.6 Å². The van der Waals surface area contributed by atoms with E-state index in [4.69, 9.17) is 21.1 Å². The number of carboxylic acids is 1. The number of carbonyl (C=O) groups is 1. The fourth-order valence-corrected chi connectivity index (χ4v) is 4.96. The third kappa shape index (κ3) is 6.60. The maximum atomic E-state index is 13.6. The normalized spacial score (nSPS) is 15.7. The Kier molecular flexibility index (Phi) is 8.84. The van der Waals surface area contributed by atoms with Gasteiger partial charge in [0.15, 0.2) is 11.5 Å². The molecule has 1 atom stereocenters. The van der Waals surface area contributed by atoms with E-state index in [1.807, 2.05) is 42.2 Å². The molecule has 0 amide bonds. The molecule has 1 aliphatic rings. The van der Waals surface area contributed by atoms with E-state index in [0.717, 1.165) is 17.7 Å². The van der Waals surface area contributed by atoms with Crippen LogP contribution >= 0.6 is 11.6 Å². The van der Waals surface area contributed by atoms with E-state index in [-0.39, 0.29) is 5.02 Å². The van der Waals surface area contributed by atoms with Gasteiger partial charge >= 0.3 is 12.1 Å². The Morgan fingerprint density at radius 3 is 2.37 bits per heavy atom. The van der Waals surface area contributed by atoms with Crippen molar-refractivity contribution in [1.29, 1.82) is 0 Å². The maximum absolute atomic E-state index is 13.6. The van der Waals surface area contributed by atoms with E-state index in [0.29, 0.717) is 61.8 Å². The zero-order chi connectivity index (χ0) is 27.3. The first-order valence-electron chi connectivity index (χ1n) is 12.4. The number of rotatable bonds is 9. The predicted octanol–water partition coefficient (Wildman–Crippen LogP) is 7.22. The van der Waals surface area contributed by atoms with Crippen LogP contribution in [0.3, 0.4) is 0 Å². The Morgan fingerprint density at radius 2 is 1.74 bits per heavy atom. The van der Waals surface area contributed by atoms with Crippen molar-refractivity contribution in [3.05, 3.63) is 94.0 Å². The highest BCUT2D eigenvalue weighted by atomic mass is 35.5. The van der Waals surface area contributed by atoms with Crippen LogP contribution < -0.4 is 9.47 Å². The lowest BCUT2D eigenvalue weighted by molar-refractivity contribution is -0.143. The summed E-state index contributed by atoms with van der Waals surface area (Å²) in [6.45, 7) is 3.32. The number of ether oxygens (including phenoxy) is 2. The molecular formula is C29H29ClF3NO4. The second-order valence-electron chi connectivity index (χ2n) is 9.20. The molecule has 5 nitrogen and oxygen atoms in total. The molecule has 9 heteroatoms. The highest BCUT2D eigenvalue weighted by molar-refractivity contribution is 6.31. The summed E-state index contributed by atoms with van der Waals surface area (Å²) in [5.74, 6) is -0.374. The zero-order valence-corrected chi connectivity index (χ0v) is 21.6. The lowest BCUT2D eigenvalue weighted by Gasteiger charge is -2.37. The van der Waals surface area contributed by atoms with Crippen molar-refractivity contribution in [2.45, 2.75) is 38.6 Å². The molecule has 38 heavy (non-hydrogen) atoms. The van der Waals surface area contributed by atoms with Crippen molar-refractivity contribution in [2.24, 2.45) is 5.92 Å². The number of piperidine rings is 1. The van der Waals surface area contributed by atoms with Crippen molar-refractivity contribution in [3.8, 4) is 11.5 Å². The number of nitrogens with zero attached hydrogens (tertiary/aromatic N) is 1. The Labute approximate surface area is 224 Å². The Hall–Kier alpha value is -3.23. The second-order valence-corrected chi connectivity index (χ2v) is 9.61. The molecule has 1 fully saturated rings. The van der Waals surface area contributed by atoms with E-state index < -0.39 is 29.7 Å². The van der Waals surface area contributed by atoms with Gasteiger partial charge in [-0.25, -0.2) is 0 Å². The summed E-state index contributed by atoms with van der Waals surface area (Å²) in [7, 11) is 0. The number of halogens is 4. The Bertz CT molecular complexity index is 1240. The van der Waals surface area contributed by atoms with Crippen LogP contribution in [0.25, 0.3) is 0 Å². The number of carboxylic acid groups (broad SMARTS) is 1. The second kappa shape index (κ2) is 12.1. The average Bonchev–Trinajstić information content (AvgIpc) is 2.90. The number of benzene rings is 3. The van der Waals surface area contributed by atoms with Crippen molar-refractivity contribution in [1.82, 2.24) is 4.90 Å². The van der Waals surface area contributed by atoms with Gasteiger partial charge in [-0.3, -0.25) is 9.69 Å². The maximum Gasteiger partial charge on any atom is 0.416 e. The summed E-state index contributed by atoms with van der Waals surface area (Å²) in [4.78, 5) is 13.5. The SMILES string of the molecule is CCOc1cc(C(c2cc(C(F)(F)F)ccc2Cl)N2CCC(C(=O)O)CC2)ccc1OCc1ccccc1. The predicted molar refractivity (Wildman–Crippen MR) is 139 cm³/mol. The highest BCUT2D eigenvalue weighted by Gasteiger charge is 2.35. The Balaban J connectivity index is 1.72. The van der Waals surface area contributed by atoms with Crippen LogP contribution in [0.1, 0.15) is 48.1 Å². The van der Waals surface area contributed by atoms with E-state index >= 15 is 0 Å². The summed E-state index contributed by atoms with van der Waals surface area (Å²) in [6, 6.07) is 17.6. The third-order valence-corrected chi connectivity index (χ3v) is 7.03. The smallest absolute Gasteiger partial charge is 0.416 e.